The first-order chi connectivity index (χ1) is 10.0. The molecule has 0 aliphatic carbocycles. The second-order valence-corrected chi connectivity index (χ2v) is 5.68. The van der Waals surface area contributed by atoms with Crippen molar-refractivity contribution in [2.75, 3.05) is 20.6 Å². The van der Waals surface area contributed by atoms with Crippen molar-refractivity contribution in [3.63, 3.8) is 0 Å². The van der Waals surface area contributed by atoms with Gasteiger partial charge in [-0.1, -0.05) is 24.3 Å². The Morgan fingerprint density at radius 2 is 1.86 bits per heavy atom. The highest BCUT2D eigenvalue weighted by Crippen LogP contribution is 2.20. The molecule has 5 nitrogen and oxygen atoms in total. The molecule has 2 rings (SSSR count). The first-order valence-corrected chi connectivity index (χ1v) is 7.31. The van der Waals surface area contributed by atoms with Crippen molar-refractivity contribution < 1.29 is 9.59 Å². The maximum absolute atomic E-state index is 12.4. The molecule has 1 aliphatic heterocycles. The summed E-state index contributed by atoms with van der Waals surface area (Å²) in [6.45, 7) is 1.17. The average Bonchev–Trinajstić information content (AvgIpc) is 2.96. The first kappa shape index (κ1) is 15.5. The number of likely N-dealkylation sites (N-methyl/N-ethyl adjacent to an activating group) is 1. The van der Waals surface area contributed by atoms with Gasteiger partial charge in [-0.3, -0.25) is 9.59 Å². The maximum atomic E-state index is 12.4. The van der Waals surface area contributed by atoms with Crippen LogP contribution in [0.2, 0.25) is 0 Å². The van der Waals surface area contributed by atoms with Crippen molar-refractivity contribution in [3.8, 4) is 0 Å². The van der Waals surface area contributed by atoms with Gasteiger partial charge in [-0.15, -0.1) is 0 Å². The van der Waals surface area contributed by atoms with Gasteiger partial charge in [0.1, 0.15) is 6.04 Å². The van der Waals surface area contributed by atoms with Gasteiger partial charge in [0.15, 0.2) is 0 Å². The van der Waals surface area contributed by atoms with E-state index < -0.39 is 0 Å². The zero-order chi connectivity index (χ0) is 15.4. The highest BCUT2D eigenvalue weighted by molar-refractivity contribution is 5.88. The number of nitrogens with two attached hydrogens (primary N) is 1. The largest absolute Gasteiger partial charge is 0.347 e. The van der Waals surface area contributed by atoms with Crippen molar-refractivity contribution in [3.05, 3.63) is 35.4 Å². The van der Waals surface area contributed by atoms with Gasteiger partial charge in [0.2, 0.25) is 11.8 Å². The summed E-state index contributed by atoms with van der Waals surface area (Å²) in [6.07, 6.45) is 1.99. The molecule has 21 heavy (non-hydrogen) atoms. The van der Waals surface area contributed by atoms with Crippen LogP contribution in [0.1, 0.15) is 24.0 Å². The molecule has 2 N–H and O–H groups in total. The normalized spacial score (nSPS) is 17.9. The van der Waals surface area contributed by atoms with Gasteiger partial charge in [0, 0.05) is 27.2 Å². The lowest BCUT2D eigenvalue weighted by Gasteiger charge is -2.26. The lowest BCUT2D eigenvalue weighted by molar-refractivity contribution is -0.141. The van der Waals surface area contributed by atoms with Crippen LogP contribution in [0, 0.1) is 0 Å². The van der Waals surface area contributed by atoms with E-state index in [1.807, 2.05) is 24.3 Å². The van der Waals surface area contributed by atoms with Crippen LogP contribution >= 0.6 is 0 Å². The fraction of sp³-hybridized carbons (Fsp3) is 0.500. The van der Waals surface area contributed by atoms with Crippen LogP contribution in [0.25, 0.3) is 0 Å². The molecule has 0 spiro atoms. The number of benzene rings is 1. The quantitative estimate of drug-likeness (QED) is 0.890. The lowest BCUT2D eigenvalue weighted by atomic mass is 10.1. The molecule has 2 amide bonds. The molecular weight excluding hydrogens is 266 g/mol. The fourth-order valence-electron chi connectivity index (χ4n) is 2.69. The van der Waals surface area contributed by atoms with Gasteiger partial charge in [0.05, 0.1) is 6.42 Å². The van der Waals surface area contributed by atoms with Crippen molar-refractivity contribution in [1.82, 2.24) is 9.80 Å². The molecule has 1 fully saturated rings. The minimum atomic E-state index is -0.296. The van der Waals surface area contributed by atoms with Crippen molar-refractivity contribution in [2.45, 2.75) is 31.8 Å². The molecule has 1 unspecified atom stereocenters. The minimum absolute atomic E-state index is 0.0133. The van der Waals surface area contributed by atoms with Crippen molar-refractivity contribution >= 4 is 11.8 Å². The van der Waals surface area contributed by atoms with Crippen LogP contribution in [0.5, 0.6) is 0 Å². The number of hydrogen-bond acceptors (Lipinski definition) is 3. The van der Waals surface area contributed by atoms with E-state index in [0.29, 0.717) is 19.5 Å². The zero-order valence-corrected chi connectivity index (χ0v) is 12.7. The van der Waals surface area contributed by atoms with E-state index >= 15 is 0 Å². The van der Waals surface area contributed by atoms with E-state index in [1.54, 1.807) is 23.9 Å². The molecule has 0 aromatic heterocycles. The number of hydrogen-bond donors (Lipinski definition) is 1. The van der Waals surface area contributed by atoms with Gasteiger partial charge in [-0.2, -0.15) is 0 Å². The Kier molecular flexibility index (Phi) is 4.96. The molecule has 1 aromatic carbocycles. The van der Waals surface area contributed by atoms with Gasteiger partial charge in [-0.25, -0.2) is 0 Å². The van der Waals surface area contributed by atoms with E-state index in [9.17, 15) is 9.59 Å². The van der Waals surface area contributed by atoms with Crippen molar-refractivity contribution in [2.24, 2.45) is 5.73 Å². The number of nitrogens with zero attached hydrogens (tertiary/aromatic N) is 2. The van der Waals surface area contributed by atoms with E-state index in [4.69, 9.17) is 5.73 Å². The summed E-state index contributed by atoms with van der Waals surface area (Å²) < 4.78 is 0. The van der Waals surface area contributed by atoms with Crippen LogP contribution in [0.3, 0.4) is 0 Å². The molecule has 1 heterocycles. The fourth-order valence-corrected chi connectivity index (χ4v) is 2.69. The van der Waals surface area contributed by atoms with Crippen LogP contribution in [0.15, 0.2) is 24.3 Å². The molecule has 1 saturated heterocycles. The Labute approximate surface area is 125 Å². The summed E-state index contributed by atoms with van der Waals surface area (Å²) in [7, 11) is 3.46. The van der Waals surface area contributed by atoms with E-state index in [-0.39, 0.29) is 17.9 Å². The standard InChI is InChI=1S/C16H23N3O2/c1-18(2)16(21)14-4-3-9-19(14)15(20)10-12-5-7-13(11-17)8-6-12/h5-8,14H,3-4,9-11,17H2,1-2H3. The number of likely N-dealkylation sites (tertiary alicyclic amines) is 1. The number of carbonyl (C=O) groups is 2. The Morgan fingerprint density at radius 1 is 1.24 bits per heavy atom. The predicted molar refractivity (Wildman–Crippen MR) is 81.5 cm³/mol. The second-order valence-electron chi connectivity index (χ2n) is 5.68. The Balaban J connectivity index is 2.03. The Bertz CT molecular complexity index is 511. The van der Waals surface area contributed by atoms with Gasteiger partial charge in [0.25, 0.3) is 0 Å². The third-order valence-corrected chi connectivity index (χ3v) is 3.91. The molecule has 5 heteroatoms. The second kappa shape index (κ2) is 6.72. The highest BCUT2D eigenvalue weighted by atomic mass is 16.2. The van der Waals surface area contributed by atoms with Crippen molar-refractivity contribution in [1.29, 1.82) is 0 Å². The summed E-state index contributed by atoms with van der Waals surface area (Å²) in [5.41, 5.74) is 7.57. The molecular formula is C16H23N3O2. The van der Waals surface area contributed by atoms with E-state index in [0.717, 1.165) is 24.0 Å². The highest BCUT2D eigenvalue weighted by Gasteiger charge is 2.34. The number of rotatable bonds is 4. The zero-order valence-electron chi connectivity index (χ0n) is 12.7. The summed E-state index contributed by atoms with van der Waals surface area (Å²) in [6, 6.07) is 7.44. The molecule has 114 valence electrons. The average molecular weight is 289 g/mol. The van der Waals surface area contributed by atoms with Crippen LogP contribution in [-0.4, -0.2) is 48.3 Å². The molecule has 1 atom stereocenters. The smallest absolute Gasteiger partial charge is 0.244 e. The Hall–Kier alpha value is -1.88. The van der Waals surface area contributed by atoms with Crippen LogP contribution in [-0.2, 0) is 22.6 Å². The lowest BCUT2D eigenvalue weighted by Crippen LogP contribution is -2.45. The van der Waals surface area contributed by atoms with Crippen LogP contribution in [0.4, 0.5) is 0 Å². The third kappa shape index (κ3) is 3.61. The monoisotopic (exact) mass is 289 g/mol. The van der Waals surface area contributed by atoms with Gasteiger partial charge in [-0.05, 0) is 24.0 Å². The summed E-state index contributed by atoms with van der Waals surface area (Å²) in [4.78, 5) is 27.8. The SMILES string of the molecule is CN(C)C(=O)C1CCCN1C(=O)Cc1ccc(CN)cc1. The molecule has 0 saturated carbocycles. The maximum Gasteiger partial charge on any atom is 0.244 e. The topological polar surface area (TPSA) is 66.6 Å². The molecule has 1 aliphatic rings. The molecule has 0 bridgehead atoms. The Morgan fingerprint density at radius 3 is 2.43 bits per heavy atom. The molecule has 0 radical (unpaired) electrons. The summed E-state index contributed by atoms with van der Waals surface area (Å²) in [5, 5.41) is 0. The van der Waals surface area contributed by atoms with E-state index in [1.165, 1.54) is 0 Å². The summed E-state index contributed by atoms with van der Waals surface area (Å²) >= 11 is 0. The van der Waals surface area contributed by atoms with Crippen LogP contribution < -0.4 is 5.73 Å². The minimum Gasteiger partial charge on any atom is -0.347 e. The number of carbonyl (C=O) groups excluding carboxylic acids is 2. The predicted octanol–water partition coefficient (Wildman–Crippen LogP) is 0.767. The summed E-state index contributed by atoms with van der Waals surface area (Å²) in [5.74, 6) is 0.0347. The van der Waals surface area contributed by atoms with Gasteiger partial charge < -0.3 is 15.5 Å². The van der Waals surface area contributed by atoms with E-state index in [2.05, 4.69) is 0 Å². The first-order valence-electron chi connectivity index (χ1n) is 7.31. The third-order valence-electron chi connectivity index (χ3n) is 3.91. The number of amides is 2. The molecule has 1 aromatic rings. The van der Waals surface area contributed by atoms with Gasteiger partial charge >= 0.3 is 0 Å².